The van der Waals surface area contributed by atoms with Gasteiger partial charge in [0.1, 0.15) is 0 Å². The van der Waals surface area contributed by atoms with Crippen LogP contribution in [0.5, 0.6) is 0 Å². The fourth-order valence-corrected chi connectivity index (χ4v) is 1.74. The van der Waals surface area contributed by atoms with Gasteiger partial charge < -0.3 is 20.3 Å². The van der Waals surface area contributed by atoms with Crippen LogP contribution in [0.4, 0.5) is 23.7 Å². The number of urea groups is 1. The zero-order valence-electron chi connectivity index (χ0n) is 11.2. The molecule has 0 saturated carbocycles. The number of ether oxygens (including phenoxy) is 1. The third kappa shape index (κ3) is 3.80. The van der Waals surface area contributed by atoms with Crippen molar-refractivity contribution in [1.29, 1.82) is 0 Å². The van der Waals surface area contributed by atoms with E-state index < -0.39 is 11.9 Å². The van der Waals surface area contributed by atoms with Crippen molar-refractivity contribution in [1.82, 2.24) is 10.6 Å². The molecule has 114 valence electrons. The number of amides is 2. The molecule has 1 aliphatic rings. The van der Waals surface area contributed by atoms with Gasteiger partial charge in [-0.2, -0.15) is 13.2 Å². The molecular formula is C13H14F3N3O2. The smallest absolute Gasteiger partial charge is 0.450 e. The second-order valence-corrected chi connectivity index (χ2v) is 4.33. The Kier molecular flexibility index (Phi) is 4.25. The van der Waals surface area contributed by atoms with Crippen molar-refractivity contribution in [3.63, 3.8) is 0 Å². The monoisotopic (exact) mass is 301 g/mol. The van der Waals surface area contributed by atoms with Crippen molar-refractivity contribution in [3.8, 4) is 0 Å². The van der Waals surface area contributed by atoms with Crippen molar-refractivity contribution < 1.29 is 22.7 Å². The Morgan fingerprint density at radius 3 is 2.52 bits per heavy atom. The number of halogens is 3. The number of hydrogen-bond acceptors (Lipinski definition) is 3. The first-order valence-corrected chi connectivity index (χ1v) is 6.13. The van der Waals surface area contributed by atoms with Crippen LogP contribution in [0, 0.1) is 0 Å². The minimum atomic E-state index is -4.48. The number of hydrogen-bond donors (Lipinski definition) is 2. The SMILES string of the molecule is CNC(=O)NCc1ccc(N2C=C(C(F)(F)F)OC2)cc1. The van der Waals surface area contributed by atoms with E-state index in [9.17, 15) is 18.0 Å². The number of benzene rings is 1. The van der Waals surface area contributed by atoms with Gasteiger partial charge in [-0.25, -0.2) is 4.79 Å². The van der Waals surface area contributed by atoms with Gasteiger partial charge in [-0.1, -0.05) is 12.1 Å². The van der Waals surface area contributed by atoms with E-state index in [1.807, 2.05) is 0 Å². The third-order valence-electron chi connectivity index (χ3n) is 2.86. The van der Waals surface area contributed by atoms with Gasteiger partial charge in [0.25, 0.3) is 0 Å². The van der Waals surface area contributed by atoms with Crippen LogP contribution in [-0.4, -0.2) is 26.0 Å². The van der Waals surface area contributed by atoms with Gasteiger partial charge in [-0.05, 0) is 17.7 Å². The molecule has 2 N–H and O–H groups in total. The van der Waals surface area contributed by atoms with Crippen molar-refractivity contribution in [3.05, 3.63) is 41.8 Å². The summed E-state index contributed by atoms with van der Waals surface area (Å²) in [6.07, 6.45) is -3.55. The molecule has 1 aromatic carbocycles. The van der Waals surface area contributed by atoms with Crippen LogP contribution in [0.2, 0.25) is 0 Å². The molecule has 0 bridgehead atoms. The standard InChI is InChI=1S/C13H14F3N3O2/c1-17-12(20)18-6-9-2-4-10(5-3-9)19-7-11(21-8-19)13(14,15)16/h2-5,7H,6,8H2,1H3,(H2,17,18,20). The number of nitrogens with one attached hydrogen (secondary N) is 2. The van der Waals surface area contributed by atoms with Gasteiger partial charge in [0.2, 0.25) is 5.76 Å². The van der Waals surface area contributed by atoms with Crippen molar-refractivity contribution in [2.45, 2.75) is 12.7 Å². The number of carbonyl (C=O) groups is 1. The molecule has 0 aromatic heterocycles. The van der Waals surface area contributed by atoms with E-state index in [0.29, 0.717) is 12.2 Å². The molecule has 1 aliphatic heterocycles. The average molecular weight is 301 g/mol. The summed E-state index contributed by atoms with van der Waals surface area (Å²) in [5.74, 6) is -1.01. The molecule has 1 heterocycles. The normalized spacial score (nSPS) is 14.5. The number of allylic oxidation sites excluding steroid dienone is 1. The first-order valence-electron chi connectivity index (χ1n) is 6.13. The summed E-state index contributed by atoms with van der Waals surface area (Å²) < 4.78 is 42.0. The molecule has 1 aromatic rings. The van der Waals surface area contributed by atoms with E-state index in [2.05, 4.69) is 15.4 Å². The molecule has 0 saturated heterocycles. The summed E-state index contributed by atoms with van der Waals surface area (Å²) in [6.45, 7) is 0.158. The first kappa shape index (κ1) is 15.0. The summed E-state index contributed by atoms with van der Waals surface area (Å²) >= 11 is 0. The number of carbonyl (C=O) groups excluding carboxylic acids is 1. The average Bonchev–Trinajstić information content (AvgIpc) is 2.95. The molecule has 0 spiro atoms. The van der Waals surface area contributed by atoms with Crippen molar-refractivity contribution in [2.75, 3.05) is 18.7 Å². The molecule has 2 amide bonds. The Hall–Kier alpha value is -2.38. The molecule has 0 radical (unpaired) electrons. The summed E-state index contributed by atoms with van der Waals surface area (Å²) in [5.41, 5.74) is 1.42. The highest BCUT2D eigenvalue weighted by atomic mass is 19.4. The Morgan fingerprint density at radius 2 is 2.00 bits per heavy atom. The van der Waals surface area contributed by atoms with Crippen LogP contribution in [0.1, 0.15) is 5.56 Å². The minimum absolute atomic E-state index is 0.176. The summed E-state index contributed by atoms with van der Waals surface area (Å²) in [6, 6.07) is 6.49. The zero-order valence-corrected chi connectivity index (χ0v) is 11.2. The summed E-state index contributed by atoms with van der Waals surface area (Å²) in [7, 11) is 1.51. The Labute approximate surface area is 119 Å². The lowest BCUT2D eigenvalue weighted by Gasteiger charge is -2.14. The summed E-state index contributed by atoms with van der Waals surface area (Å²) in [4.78, 5) is 12.4. The Balaban J connectivity index is 2.00. The Morgan fingerprint density at radius 1 is 1.33 bits per heavy atom. The lowest BCUT2D eigenvalue weighted by Crippen LogP contribution is -2.32. The van der Waals surface area contributed by atoms with Gasteiger partial charge >= 0.3 is 12.2 Å². The van der Waals surface area contributed by atoms with E-state index in [0.717, 1.165) is 11.8 Å². The van der Waals surface area contributed by atoms with E-state index in [-0.39, 0.29) is 12.8 Å². The number of rotatable bonds is 3. The first-order chi connectivity index (χ1) is 9.90. The van der Waals surface area contributed by atoms with Crippen LogP contribution in [-0.2, 0) is 11.3 Å². The molecule has 0 aliphatic carbocycles. The van der Waals surface area contributed by atoms with Gasteiger partial charge in [-0.15, -0.1) is 0 Å². The Bertz CT molecular complexity index is 541. The van der Waals surface area contributed by atoms with Crippen LogP contribution in [0.15, 0.2) is 36.2 Å². The number of alkyl halides is 3. The minimum Gasteiger partial charge on any atom is -0.466 e. The zero-order chi connectivity index (χ0) is 15.5. The maximum Gasteiger partial charge on any atom is 0.450 e. The highest BCUT2D eigenvalue weighted by molar-refractivity contribution is 5.73. The fraction of sp³-hybridized carbons (Fsp3) is 0.308. The molecule has 5 nitrogen and oxygen atoms in total. The van der Waals surface area contributed by atoms with Crippen LogP contribution < -0.4 is 15.5 Å². The van der Waals surface area contributed by atoms with Crippen LogP contribution >= 0.6 is 0 Å². The second-order valence-electron chi connectivity index (χ2n) is 4.33. The van der Waals surface area contributed by atoms with E-state index in [4.69, 9.17) is 0 Å². The molecule has 8 heteroatoms. The lowest BCUT2D eigenvalue weighted by atomic mass is 10.2. The largest absolute Gasteiger partial charge is 0.466 e. The molecule has 0 fully saturated rings. The quantitative estimate of drug-likeness (QED) is 0.901. The maximum atomic E-state index is 12.5. The van der Waals surface area contributed by atoms with Gasteiger partial charge in [0, 0.05) is 19.3 Å². The second kappa shape index (κ2) is 5.94. The highest BCUT2D eigenvalue weighted by Gasteiger charge is 2.39. The highest BCUT2D eigenvalue weighted by Crippen LogP contribution is 2.32. The topological polar surface area (TPSA) is 53.6 Å². The van der Waals surface area contributed by atoms with E-state index in [1.54, 1.807) is 24.3 Å². The van der Waals surface area contributed by atoms with Crippen molar-refractivity contribution >= 4 is 11.7 Å². The van der Waals surface area contributed by atoms with Crippen LogP contribution in [0.25, 0.3) is 0 Å². The van der Waals surface area contributed by atoms with Crippen molar-refractivity contribution in [2.24, 2.45) is 0 Å². The molecule has 21 heavy (non-hydrogen) atoms. The van der Waals surface area contributed by atoms with E-state index in [1.165, 1.54) is 11.9 Å². The number of anilines is 1. The fourth-order valence-electron chi connectivity index (χ4n) is 1.74. The third-order valence-corrected chi connectivity index (χ3v) is 2.86. The van der Waals surface area contributed by atoms with Crippen LogP contribution in [0.3, 0.4) is 0 Å². The molecule has 2 rings (SSSR count). The van der Waals surface area contributed by atoms with E-state index >= 15 is 0 Å². The number of nitrogens with zero attached hydrogens (tertiary/aromatic N) is 1. The maximum absolute atomic E-state index is 12.5. The van der Waals surface area contributed by atoms with Gasteiger partial charge in [-0.3, -0.25) is 0 Å². The predicted octanol–water partition coefficient (Wildman–Crippen LogP) is 2.31. The van der Waals surface area contributed by atoms with Gasteiger partial charge in [0.05, 0.1) is 6.20 Å². The lowest BCUT2D eigenvalue weighted by molar-refractivity contribution is -0.126. The predicted molar refractivity (Wildman–Crippen MR) is 70.3 cm³/mol. The molecule has 0 atom stereocenters. The molecule has 0 unspecified atom stereocenters. The molecular weight excluding hydrogens is 287 g/mol. The van der Waals surface area contributed by atoms with Gasteiger partial charge in [0.15, 0.2) is 6.73 Å². The summed E-state index contributed by atoms with van der Waals surface area (Å²) in [5, 5.41) is 5.04.